The van der Waals surface area contributed by atoms with Gasteiger partial charge in [0.1, 0.15) is 6.26 Å². The summed E-state index contributed by atoms with van der Waals surface area (Å²) < 4.78 is 4.89. The van der Waals surface area contributed by atoms with Gasteiger partial charge in [0.15, 0.2) is 5.96 Å². The molecule has 0 aromatic carbocycles. The predicted molar refractivity (Wildman–Crippen MR) is 104 cm³/mol. The van der Waals surface area contributed by atoms with Crippen molar-refractivity contribution in [1.82, 2.24) is 20.3 Å². The molecule has 0 radical (unpaired) electrons. The molecule has 1 aromatic rings. The van der Waals surface area contributed by atoms with Crippen LogP contribution in [-0.4, -0.2) is 60.7 Å². The largest absolute Gasteiger partial charge is 0.364 e. The molecule has 23 heavy (non-hydrogen) atoms. The van der Waals surface area contributed by atoms with Gasteiger partial charge in [0.05, 0.1) is 5.69 Å². The summed E-state index contributed by atoms with van der Waals surface area (Å²) in [6.07, 6.45) is 4.09. The van der Waals surface area contributed by atoms with Crippen LogP contribution in [-0.2, 0) is 6.54 Å². The van der Waals surface area contributed by atoms with Crippen molar-refractivity contribution in [3.8, 4) is 0 Å². The fourth-order valence-corrected chi connectivity index (χ4v) is 2.71. The van der Waals surface area contributed by atoms with Gasteiger partial charge >= 0.3 is 0 Å². The Kier molecular flexibility index (Phi) is 9.54. The van der Waals surface area contributed by atoms with E-state index in [2.05, 4.69) is 39.1 Å². The SMILES string of the molecule is CN=C(NCCCC(C)C)N1CCN(Cc2ccon2)CC1.I. The van der Waals surface area contributed by atoms with E-state index in [1.807, 2.05) is 13.1 Å². The van der Waals surface area contributed by atoms with Crippen molar-refractivity contribution in [3.63, 3.8) is 0 Å². The van der Waals surface area contributed by atoms with Crippen molar-refractivity contribution in [1.29, 1.82) is 0 Å². The average Bonchev–Trinajstić information content (AvgIpc) is 3.01. The van der Waals surface area contributed by atoms with Gasteiger partial charge in [-0.1, -0.05) is 19.0 Å². The molecular formula is C16H30IN5O. The molecule has 1 N–H and O–H groups in total. The summed E-state index contributed by atoms with van der Waals surface area (Å²) in [4.78, 5) is 9.16. The van der Waals surface area contributed by atoms with E-state index in [1.165, 1.54) is 12.8 Å². The van der Waals surface area contributed by atoms with Crippen LogP contribution in [0.4, 0.5) is 0 Å². The highest BCUT2D eigenvalue weighted by atomic mass is 127. The number of aromatic nitrogens is 1. The molecule has 1 aliphatic rings. The molecule has 0 bridgehead atoms. The molecule has 2 heterocycles. The fourth-order valence-electron chi connectivity index (χ4n) is 2.71. The molecule has 6 nitrogen and oxygen atoms in total. The van der Waals surface area contributed by atoms with Crippen LogP contribution in [0.2, 0.25) is 0 Å². The molecule has 0 spiro atoms. The third-order valence-corrected chi connectivity index (χ3v) is 4.00. The number of nitrogens with one attached hydrogen (secondary N) is 1. The van der Waals surface area contributed by atoms with E-state index in [0.717, 1.165) is 56.8 Å². The third-order valence-electron chi connectivity index (χ3n) is 4.00. The monoisotopic (exact) mass is 435 g/mol. The molecule has 7 heteroatoms. The fraction of sp³-hybridized carbons (Fsp3) is 0.750. The molecule has 0 aliphatic carbocycles. The zero-order valence-corrected chi connectivity index (χ0v) is 16.8. The van der Waals surface area contributed by atoms with Crippen LogP contribution in [0.25, 0.3) is 0 Å². The number of nitrogens with zero attached hydrogens (tertiary/aromatic N) is 4. The normalized spacial score (nSPS) is 16.5. The summed E-state index contributed by atoms with van der Waals surface area (Å²) in [6.45, 7) is 10.5. The molecule has 2 rings (SSSR count). The van der Waals surface area contributed by atoms with Gasteiger partial charge in [-0.05, 0) is 18.8 Å². The second kappa shape index (κ2) is 10.9. The van der Waals surface area contributed by atoms with Crippen LogP contribution in [0, 0.1) is 5.92 Å². The Morgan fingerprint density at radius 2 is 2.09 bits per heavy atom. The lowest BCUT2D eigenvalue weighted by atomic mass is 10.1. The molecule has 0 atom stereocenters. The van der Waals surface area contributed by atoms with Crippen molar-refractivity contribution >= 4 is 29.9 Å². The van der Waals surface area contributed by atoms with Gasteiger partial charge in [-0.3, -0.25) is 9.89 Å². The van der Waals surface area contributed by atoms with Gasteiger partial charge in [-0.15, -0.1) is 24.0 Å². The molecular weight excluding hydrogens is 405 g/mol. The number of rotatable bonds is 6. The van der Waals surface area contributed by atoms with Crippen molar-refractivity contribution in [2.45, 2.75) is 33.2 Å². The highest BCUT2D eigenvalue weighted by Crippen LogP contribution is 2.07. The van der Waals surface area contributed by atoms with Crippen LogP contribution in [0.1, 0.15) is 32.4 Å². The van der Waals surface area contributed by atoms with Gasteiger partial charge < -0.3 is 14.7 Å². The quantitative estimate of drug-likeness (QED) is 0.322. The number of aliphatic imine (C=N–C) groups is 1. The van der Waals surface area contributed by atoms with E-state index in [4.69, 9.17) is 4.52 Å². The molecule has 0 amide bonds. The predicted octanol–water partition coefficient (Wildman–Crippen LogP) is 2.42. The Morgan fingerprint density at radius 1 is 1.35 bits per heavy atom. The number of guanidine groups is 1. The molecule has 1 aromatic heterocycles. The average molecular weight is 435 g/mol. The minimum atomic E-state index is 0. The van der Waals surface area contributed by atoms with Crippen molar-refractivity contribution < 1.29 is 4.52 Å². The van der Waals surface area contributed by atoms with Gasteiger partial charge in [0.2, 0.25) is 0 Å². The highest BCUT2D eigenvalue weighted by Gasteiger charge is 2.19. The van der Waals surface area contributed by atoms with Crippen LogP contribution < -0.4 is 5.32 Å². The standard InChI is InChI=1S/C16H29N5O.HI/c1-14(2)5-4-7-18-16(17-3)21-10-8-20(9-11-21)13-15-6-12-22-19-15;/h6,12,14H,4-5,7-11,13H2,1-3H3,(H,17,18);1H. The molecule has 1 aliphatic heterocycles. The van der Waals surface area contributed by atoms with E-state index in [9.17, 15) is 0 Å². The smallest absolute Gasteiger partial charge is 0.193 e. The maximum absolute atomic E-state index is 4.89. The minimum absolute atomic E-state index is 0. The Bertz CT molecular complexity index is 441. The van der Waals surface area contributed by atoms with E-state index in [0.29, 0.717) is 0 Å². The van der Waals surface area contributed by atoms with Gasteiger partial charge in [0.25, 0.3) is 0 Å². The third kappa shape index (κ3) is 7.07. The zero-order chi connectivity index (χ0) is 15.8. The number of hydrogen-bond acceptors (Lipinski definition) is 4. The topological polar surface area (TPSA) is 56.9 Å². The number of halogens is 1. The van der Waals surface area contributed by atoms with E-state index < -0.39 is 0 Å². The molecule has 0 unspecified atom stereocenters. The Morgan fingerprint density at radius 3 is 2.65 bits per heavy atom. The van der Waals surface area contributed by atoms with Crippen molar-refractivity contribution in [2.24, 2.45) is 10.9 Å². The van der Waals surface area contributed by atoms with Crippen LogP contribution in [0.3, 0.4) is 0 Å². The van der Waals surface area contributed by atoms with Gasteiger partial charge in [0, 0.05) is 52.4 Å². The highest BCUT2D eigenvalue weighted by molar-refractivity contribution is 14.0. The first-order valence-electron chi connectivity index (χ1n) is 8.26. The molecule has 132 valence electrons. The van der Waals surface area contributed by atoms with Crippen LogP contribution in [0.5, 0.6) is 0 Å². The maximum atomic E-state index is 4.89. The second-order valence-electron chi connectivity index (χ2n) is 6.26. The number of hydrogen-bond donors (Lipinski definition) is 1. The van der Waals surface area contributed by atoms with Crippen LogP contribution in [0.15, 0.2) is 21.8 Å². The van der Waals surface area contributed by atoms with Gasteiger partial charge in [-0.25, -0.2) is 0 Å². The Balaban J connectivity index is 0.00000264. The first kappa shape index (κ1) is 20.2. The summed E-state index contributed by atoms with van der Waals surface area (Å²) in [7, 11) is 1.87. The first-order valence-corrected chi connectivity index (χ1v) is 8.26. The van der Waals surface area contributed by atoms with Crippen molar-refractivity contribution in [3.05, 3.63) is 18.0 Å². The minimum Gasteiger partial charge on any atom is -0.364 e. The second-order valence-corrected chi connectivity index (χ2v) is 6.26. The lowest BCUT2D eigenvalue weighted by Crippen LogP contribution is -2.52. The summed E-state index contributed by atoms with van der Waals surface area (Å²) in [5, 5.41) is 7.46. The maximum Gasteiger partial charge on any atom is 0.193 e. The summed E-state index contributed by atoms with van der Waals surface area (Å²) in [5.41, 5.74) is 1.00. The first-order chi connectivity index (χ1) is 10.7. The number of piperazine rings is 1. The Labute approximate surface area is 156 Å². The van der Waals surface area contributed by atoms with Crippen molar-refractivity contribution in [2.75, 3.05) is 39.8 Å². The summed E-state index contributed by atoms with van der Waals surface area (Å²) in [5.74, 6) is 1.80. The van der Waals surface area contributed by atoms with E-state index >= 15 is 0 Å². The zero-order valence-electron chi connectivity index (χ0n) is 14.5. The van der Waals surface area contributed by atoms with Gasteiger partial charge in [-0.2, -0.15) is 0 Å². The molecule has 1 fully saturated rings. The van der Waals surface area contributed by atoms with E-state index in [1.54, 1.807) is 6.26 Å². The lowest BCUT2D eigenvalue weighted by molar-refractivity contribution is 0.169. The molecule has 1 saturated heterocycles. The summed E-state index contributed by atoms with van der Waals surface area (Å²) in [6, 6.07) is 1.93. The summed E-state index contributed by atoms with van der Waals surface area (Å²) >= 11 is 0. The van der Waals surface area contributed by atoms with Crippen LogP contribution >= 0.6 is 24.0 Å². The lowest BCUT2D eigenvalue weighted by Gasteiger charge is -2.36. The Hall–Kier alpha value is -0.830. The van der Waals surface area contributed by atoms with E-state index in [-0.39, 0.29) is 24.0 Å². The molecule has 0 saturated carbocycles.